The summed E-state index contributed by atoms with van der Waals surface area (Å²) in [5.41, 5.74) is -4.24. The Morgan fingerprint density at radius 1 is 0.880 bits per heavy atom. The van der Waals surface area contributed by atoms with E-state index in [-0.39, 0.29) is 71.8 Å². The third-order valence-corrected chi connectivity index (χ3v) is 28.5. The maximum atomic E-state index is 17.3. The number of aliphatic hydroxyl groups excluding tert-OH is 3. The largest absolute Gasteiger partial charge is 0.469 e. The summed E-state index contributed by atoms with van der Waals surface area (Å²) in [5, 5.41) is 41.1. The molecule has 0 radical (unpaired) electrons. The lowest BCUT2D eigenvalue weighted by atomic mass is 9.29. The van der Waals surface area contributed by atoms with E-state index in [2.05, 4.69) is 86.6 Å². The Kier molecular flexibility index (Phi) is 11.5. The zero-order valence-corrected chi connectivity index (χ0v) is 49.5. The number of rotatable bonds is 11. The third-order valence-electron chi connectivity index (χ3n) is 28.5. The van der Waals surface area contributed by atoms with E-state index in [4.69, 9.17) is 23.4 Å². The molecule has 8 heterocycles. The highest BCUT2D eigenvalue weighted by Gasteiger charge is 2.99. The molecule has 5 spiro atoms. The second-order valence-corrected chi connectivity index (χ2v) is 31.6. The molecule has 2 aromatic rings. The standard InChI is InChI=1S/C70H90N2O11/c1-38(2)25-46-30-47-29-44-17-22-65(20-8-9-21-65)66(44)33-43-32-63(3)59(49-19-24-79-53(49)31-50(52(74)35-73)41-15-16-48-42(28-41)18-23-72-37-71-34-51(48)72)81-62(78)60-70(63,82-60)68(45-14-10-13-40(27-45)26-39-11-6-5-7-12-39)55(43)67-36-80-61(77)57(66)69(47,67)83-64(46,4)56(67)54(75)58(68)76/h5-7,11-12,18-19,23-24,30,38,40-46,48,50-52,55-60,71,73-74,76H,8-10,13-17,20-22,25-29,31-37H2,1-4H3. The van der Waals surface area contributed by atoms with Gasteiger partial charge in [-0.2, -0.15) is 0 Å². The molecule has 446 valence electrons. The number of hydrogen-bond acceptors (Lipinski definition) is 13. The zero-order valence-electron chi connectivity index (χ0n) is 49.5. The van der Waals surface area contributed by atoms with Gasteiger partial charge in [0.2, 0.25) is 0 Å². The van der Waals surface area contributed by atoms with Crippen LogP contribution in [0.5, 0.6) is 0 Å². The molecule has 0 amide bonds. The molecule has 24 atom stereocenters. The molecule has 1 aromatic carbocycles. The molecule has 15 aliphatic rings. The Morgan fingerprint density at radius 2 is 1.71 bits per heavy atom. The van der Waals surface area contributed by atoms with E-state index < -0.39 is 86.6 Å². The van der Waals surface area contributed by atoms with Gasteiger partial charge in [-0.05, 0) is 190 Å². The van der Waals surface area contributed by atoms with Gasteiger partial charge >= 0.3 is 11.9 Å². The lowest BCUT2D eigenvalue weighted by Gasteiger charge is -2.73. The average molecular weight is 1140 g/mol. The first-order valence-corrected chi connectivity index (χ1v) is 33.3. The summed E-state index contributed by atoms with van der Waals surface area (Å²) < 4.78 is 36.8. The van der Waals surface area contributed by atoms with Crippen LogP contribution in [-0.4, -0.2) is 106 Å². The number of carbonyl (C=O) groups is 3. The van der Waals surface area contributed by atoms with Crippen molar-refractivity contribution >= 4 is 17.7 Å². The second kappa shape index (κ2) is 17.9. The molecule has 4 N–H and O–H groups in total. The van der Waals surface area contributed by atoms with Gasteiger partial charge in [0.1, 0.15) is 35.8 Å². The van der Waals surface area contributed by atoms with Crippen molar-refractivity contribution in [1.82, 2.24) is 10.2 Å². The number of furan rings is 1. The fourth-order valence-corrected chi connectivity index (χ4v) is 26.3. The topological polar surface area (TPSA) is 181 Å². The highest BCUT2D eigenvalue weighted by Crippen LogP contribution is 2.91. The molecular formula is C70H90N2O11. The smallest absolute Gasteiger partial charge is 0.339 e. The first-order valence-electron chi connectivity index (χ1n) is 33.3. The number of ketones is 1. The number of cyclic esters (lactones) is 2. The van der Waals surface area contributed by atoms with Gasteiger partial charge in [-0.25, -0.2) is 4.79 Å². The molecule has 5 saturated heterocycles. The highest BCUT2D eigenvalue weighted by atomic mass is 16.7. The van der Waals surface area contributed by atoms with Crippen LogP contribution in [0, 0.1) is 104 Å². The number of epoxide rings is 1. The van der Waals surface area contributed by atoms with Gasteiger partial charge in [-0.15, -0.1) is 0 Å². The normalized spacial score (nSPS) is 50.3. The van der Waals surface area contributed by atoms with Crippen LogP contribution in [0.3, 0.4) is 0 Å². The minimum atomic E-state index is -1.50. The van der Waals surface area contributed by atoms with Gasteiger partial charge in [0.25, 0.3) is 0 Å². The van der Waals surface area contributed by atoms with Crippen LogP contribution in [0.4, 0.5) is 0 Å². The van der Waals surface area contributed by atoms with E-state index in [0.29, 0.717) is 42.4 Å². The van der Waals surface area contributed by atoms with Gasteiger partial charge in [-0.1, -0.05) is 88.9 Å². The number of hydrogen-bond donors (Lipinski definition) is 4. The Hall–Kier alpha value is -3.85. The number of nitrogens with one attached hydrogen (secondary N) is 1. The lowest BCUT2D eigenvalue weighted by Crippen LogP contribution is -2.82. The predicted octanol–water partition coefficient (Wildman–Crippen LogP) is 9.61. The van der Waals surface area contributed by atoms with Crippen molar-refractivity contribution in [3.63, 3.8) is 0 Å². The SMILES string of the molecule is CC(C)CC1C=C2CC3CCC4(CCCC4)C34CC3CC5(C)C(c6ccoc6CC(C(O)CO)C6CCC7C(C=CN8CNCC78)C6)OC(=O)C6OC65C5(C6CCCC(Cc7ccccc7)C6)C(O)C(=O)C6C1(C)OC21C4C(=O)OCC61C35. The maximum Gasteiger partial charge on any atom is 0.339 e. The van der Waals surface area contributed by atoms with Crippen molar-refractivity contribution in [2.75, 3.05) is 26.4 Å². The first kappa shape index (κ1) is 53.4. The minimum absolute atomic E-state index is 0.0454. The Balaban J connectivity index is 0.868. The molecule has 5 bridgehead atoms. The molecule has 24 unspecified atom stereocenters. The summed E-state index contributed by atoms with van der Waals surface area (Å²) in [6.45, 7) is 10.5. The van der Waals surface area contributed by atoms with Crippen LogP contribution >= 0.6 is 0 Å². The summed E-state index contributed by atoms with van der Waals surface area (Å²) in [4.78, 5) is 51.4. The lowest BCUT2D eigenvalue weighted by molar-refractivity contribution is -0.301. The van der Waals surface area contributed by atoms with Crippen molar-refractivity contribution in [1.29, 1.82) is 0 Å². The molecule has 8 aliphatic carbocycles. The molecular weight excluding hydrogens is 1040 g/mol. The van der Waals surface area contributed by atoms with E-state index in [1.165, 1.54) is 11.1 Å². The quantitative estimate of drug-likeness (QED) is 0.0950. The summed E-state index contributed by atoms with van der Waals surface area (Å²) in [6, 6.07) is 13.2. The number of aliphatic hydroxyl groups is 3. The van der Waals surface area contributed by atoms with Crippen LogP contribution in [0.2, 0.25) is 0 Å². The van der Waals surface area contributed by atoms with E-state index in [1.807, 2.05) is 6.07 Å². The van der Waals surface area contributed by atoms with Crippen molar-refractivity contribution in [3.05, 3.63) is 83.5 Å². The van der Waals surface area contributed by atoms with Crippen molar-refractivity contribution in [2.24, 2.45) is 104 Å². The van der Waals surface area contributed by atoms with Crippen LogP contribution in [0.1, 0.15) is 160 Å². The fourth-order valence-electron chi connectivity index (χ4n) is 26.3. The number of allylic oxidation sites excluding steroid dienone is 1. The molecule has 17 rings (SSSR count). The molecule has 13 fully saturated rings. The molecule has 83 heavy (non-hydrogen) atoms. The number of benzene rings is 1. The average Bonchev–Trinajstić information content (AvgIpc) is 1.47. The third kappa shape index (κ3) is 6.30. The van der Waals surface area contributed by atoms with E-state index in [0.717, 1.165) is 128 Å². The van der Waals surface area contributed by atoms with Crippen molar-refractivity contribution < 1.29 is 53.1 Å². The zero-order chi connectivity index (χ0) is 56.6. The summed E-state index contributed by atoms with van der Waals surface area (Å²) >= 11 is 0. The number of ether oxygens (including phenoxy) is 4. The van der Waals surface area contributed by atoms with E-state index >= 15 is 14.4 Å². The monoisotopic (exact) mass is 1130 g/mol. The molecule has 13 heteroatoms. The Morgan fingerprint density at radius 3 is 2.52 bits per heavy atom. The first-order chi connectivity index (χ1) is 40.1. The number of nitrogens with zero attached hydrogens (tertiary/aromatic N) is 1. The highest BCUT2D eigenvalue weighted by molar-refractivity contribution is 5.94. The van der Waals surface area contributed by atoms with Gasteiger partial charge in [0.15, 0.2) is 11.9 Å². The van der Waals surface area contributed by atoms with E-state index in [9.17, 15) is 15.3 Å². The van der Waals surface area contributed by atoms with Crippen LogP contribution in [-0.2, 0) is 46.2 Å². The van der Waals surface area contributed by atoms with Crippen LogP contribution in [0.25, 0.3) is 0 Å². The van der Waals surface area contributed by atoms with Gasteiger partial charge in [0.05, 0.1) is 48.5 Å². The number of esters is 2. The minimum Gasteiger partial charge on any atom is -0.469 e. The molecule has 7 aliphatic heterocycles. The molecule has 13 nitrogen and oxygen atoms in total. The second-order valence-electron chi connectivity index (χ2n) is 31.6. The Labute approximate surface area is 489 Å². The van der Waals surface area contributed by atoms with Crippen molar-refractivity contribution in [3.8, 4) is 0 Å². The van der Waals surface area contributed by atoms with E-state index in [1.54, 1.807) is 6.26 Å². The maximum absolute atomic E-state index is 17.3. The number of Topliss-reactive ketones (excluding diaryl/α,β-unsaturated/α-hetero) is 1. The summed E-state index contributed by atoms with van der Waals surface area (Å²) in [7, 11) is 0. The molecule has 1 aromatic heterocycles. The fraction of sp³-hybridized carbons (Fsp3) is 0.757. The molecule has 8 saturated carbocycles. The van der Waals surface area contributed by atoms with Gasteiger partial charge in [0, 0.05) is 41.3 Å². The number of fused-ring (bicyclic) bond motifs is 5. The Bertz CT molecular complexity index is 3080. The summed E-state index contributed by atoms with van der Waals surface area (Å²) in [6.07, 6.45) is 21.5. The van der Waals surface area contributed by atoms with Crippen molar-refractivity contribution in [2.45, 2.75) is 197 Å². The van der Waals surface area contributed by atoms with Crippen LogP contribution < -0.4 is 5.32 Å². The number of carbonyl (C=O) groups excluding carboxylic acids is 3. The van der Waals surface area contributed by atoms with Crippen LogP contribution in [0.15, 0.2) is 71.0 Å². The summed E-state index contributed by atoms with van der Waals surface area (Å²) in [5.74, 6) is -1.01. The predicted molar refractivity (Wildman–Crippen MR) is 305 cm³/mol. The van der Waals surface area contributed by atoms with Gasteiger partial charge < -0.3 is 43.6 Å². The van der Waals surface area contributed by atoms with Gasteiger partial charge in [-0.3, -0.25) is 14.9 Å².